The van der Waals surface area contributed by atoms with Gasteiger partial charge >= 0.3 is 11.9 Å². The van der Waals surface area contributed by atoms with Crippen LogP contribution in [0.15, 0.2) is 46.9 Å². The molecule has 0 bridgehead atoms. The van der Waals surface area contributed by atoms with Gasteiger partial charge < -0.3 is 4.74 Å². The van der Waals surface area contributed by atoms with E-state index in [1.807, 2.05) is 30.3 Å². The van der Waals surface area contributed by atoms with Crippen LogP contribution in [0.5, 0.6) is 0 Å². The van der Waals surface area contributed by atoms with Crippen molar-refractivity contribution in [2.75, 3.05) is 0 Å². The molecule has 0 N–H and O–H groups in total. The Labute approximate surface area is 122 Å². The lowest BCUT2D eigenvalue weighted by Crippen LogP contribution is -2.19. The maximum Gasteiger partial charge on any atom is 0.347 e. The van der Waals surface area contributed by atoms with Crippen LogP contribution in [0.1, 0.15) is 20.7 Å². The van der Waals surface area contributed by atoms with Crippen molar-refractivity contribution in [1.29, 1.82) is 0 Å². The molecular formula is C16H7BrO3. The minimum absolute atomic E-state index is 0.443. The number of carbonyl (C=O) groups is 2. The predicted octanol–water partition coefficient (Wildman–Crippen LogP) is 4.07. The van der Waals surface area contributed by atoms with E-state index in [4.69, 9.17) is 4.74 Å². The summed E-state index contributed by atoms with van der Waals surface area (Å²) in [6.07, 6.45) is 0. The number of ether oxygens (including phenoxy) is 1. The number of hydrogen-bond acceptors (Lipinski definition) is 3. The highest BCUT2D eigenvalue weighted by molar-refractivity contribution is 9.10. The van der Waals surface area contributed by atoms with Gasteiger partial charge in [-0.2, -0.15) is 0 Å². The molecule has 1 aliphatic heterocycles. The Morgan fingerprint density at radius 1 is 0.900 bits per heavy atom. The summed E-state index contributed by atoms with van der Waals surface area (Å²) in [7, 11) is 0. The Bertz CT molecular complexity index is 928. The summed E-state index contributed by atoms with van der Waals surface area (Å²) in [4.78, 5) is 24.0. The first-order valence-electron chi connectivity index (χ1n) is 6.07. The van der Waals surface area contributed by atoms with Gasteiger partial charge in [0, 0.05) is 9.86 Å². The molecule has 4 rings (SSSR count). The van der Waals surface area contributed by atoms with E-state index in [1.54, 1.807) is 12.1 Å². The first-order chi connectivity index (χ1) is 9.66. The quantitative estimate of drug-likeness (QED) is 0.355. The summed E-state index contributed by atoms with van der Waals surface area (Å²) in [6.45, 7) is 0. The van der Waals surface area contributed by atoms with Crippen molar-refractivity contribution in [3.63, 3.8) is 0 Å². The first-order valence-corrected chi connectivity index (χ1v) is 6.86. The molecule has 4 heteroatoms. The number of rotatable bonds is 0. The molecule has 0 saturated carbocycles. The van der Waals surface area contributed by atoms with Gasteiger partial charge in [0.05, 0.1) is 11.1 Å². The average Bonchev–Trinajstić information content (AvgIpc) is 2.44. The fourth-order valence-electron chi connectivity index (χ4n) is 2.73. The molecule has 0 amide bonds. The van der Waals surface area contributed by atoms with E-state index in [-0.39, 0.29) is 0 Å². The van der Waals surface area contributed by atoms with Crippen molar-refractivity contribution < 1.29 is 14.3 Å². The van der Waals surface area contributed by atoms with Crippen LogP contribution < -0.4 is 0 Å². The van der Waals surface area contributed by atoms with Gasteiger partial charge in [-0.3, -0.25) is 0 Å². The molecule has 1 heterocycles. The summed E-state index contributed by atoms with van der Waals surface area (Å²) in [6, 6.07) is 13.0. The molecule has 20 heavy (non-hydrogen) atoms. The second-order valence-corrected chi connectivity index (χ2v) is 5.52. The molecule has 0 unspecified atom stereocenters. The largest absolute Gasteiger partial charge is 0.386 e. The van der Waals surface area contributed by atoms with Crippen LogP contribution in [0.3, 0.4) is 0 Å². The van der Waals surface area contributed by atoms with Crippen LogP contribution in [-0.4, -0.2) is 11.9 Å². The minimum atomic E-state index is -0.581. The zero-order valence-corrected chi connectivity index (χ0v) is 11.7. The zero-order valence-electron chi connectivity index (χ0n) is 10.1. The summed E-state index contributed by atoms with van der Waals surface area (Å²) >= 11 is 3.50. The van der Waals surface area contributed by atoms with Crippen LogP contribution in [0.4, 0.5) is 0 Å². The van der Waals surface area contributed by atoms with E-state index in [1.165, 1.54) is 0 Å². The Kier molecular flexibility index (Phi) is 2.26. The lowest BCUT2D eigenvalue weighted by Gasteiger charge is -2.17. The molecule has 0 aliphatic carbocycles. The van der Waals surface area contributed by atoms with Gasteiger partial charge in [-0.25, -0.2) is 9.59 Å². The topological polar surface area (TPSA) is 43.4 Å². The number of cyclic esters (lactones) is 2. The van der Waals surface area contributed by atoms with Crippen molar-refractivity contribution in [2.24, 2.45) is 0 Å². The molecule has 0 radical (unpaired) electrons. The first kappa shape index (κ1) is 11.6. The highest BCUT2D eigenvalue weighted by atomic mass is 79.9. The third kappa shape index (κ3) is 1.40. The Hall–Kier alpha value is -2.20. The van der Waals surface area contributed by atoms with Crippen LogP contribution in [0, 0.1) is 0 Å². The van der Waals surface area contributed by atoms with Crippen LogP contribution >= 0.6 is 15.9 Å². The standard InChI is InChI=1S/C16H7BrO3/c17-12-6-2-4-9-11(12)7-8-3-1-5-10-13(8)14(9)16(19)20-15(10)18/h1-7H. The molecule has 0 atom stereocenters. The zero-order chi connectivity index (χ0) is 13.9. The molecule has 3 nitrogen and oxygen atoms in total. The SMILES string of the molecule is O=C1OC(=O)c2c3cccc(Br)c3cc3cccc1c23. The van der Waals surface area contributed by atoms with E-state index in [2.05, 4.69) is 15.9 Å². The van der Waals surface area contributed by atoms with E-state index < -0.39 is 11.9 Å². The molecular weight excluding hydrogens is 320 g/mol. The number of esters is 2. The van der Waals surface area contributed by atoms with Crippen molar-refractivity contribution in [2.45, 2.75) is 0 Å². The molecule has 0 aromatic heterocycles. The van der Waals surface area contributed by atoms with Crippen molar-refractivity contribution >= 4 is 49.4 Å². The van der Waals surface area contributed by atoms with Crippen molar-refractivity contribution in [1.82, 2.24) is 0 Å². The lowest BCUT2D eigenvalue weighted by atomic mass is 9.92. The highest BCUT2D eigenvalue weighted by Crippen LogP contribution is 2.37. The van der Waals surface area contributed by atoms with E-state index >= 15 is 0 Å². The van der Waals surface area contributed by atoms with Gasteiger partial charge in [0.15, 0.2) is 0 Å². The van der Waals surface area contributed by atoms with Gasteiger partial charge in [0.1, 0.15) is 0 Å². The van der Waals surface area contributed by atoms with Gasteiger partial charge in [-0.05, 0) is 34.4 Å². The number of hydrogen-bond donors (Lipinski definition) is 0. The summed E-state index contributed by atoms with van der Waals surface area (Å²) < 4.78 is 5.76. The van der Waals surface area contributed by atoms with E-state index in [0.717, 1.165) is 20.6 Å². The molecule has 96 valence electrons. The number of halogens is 1. The number of carbonyl (C=O) groups excluding carboxylic acids is 2. The summed E-state index contributed by atoms with van der Waals surface area (Å²) in [5.41, 5.74) is 0.910. The van der Waals surface area contributed by atoms with E-state index in [0.29, 0.717) is 16.5 Å². The fraction of sp³-hybridized carbons (Fsp3) is 0. The molecule has 0 fully saturated rings. The lowest BCUT2D eigenvalue weighted by molar-refractivity contribution is 0.0393. The average molecular weight is 327 g/mol. The molecule has 3 aromatic carbocycles. The Morgan fingerprint density at radius 2 is 1.70 bits per heavy atom. The predicted molar refractivity (Wildman–Crippen MR) is 78.9 cm³/mol. The normalized spacial score (nSPS) is 13.8. The van der Waals surface area contributed by atoms with Crippen LogP contribution in [-0.2, 0) is 4.74 Å². The third-order valence-electron chi connectivity index (χ3n) is 3.58. The van der Waals surface area contributed by atoms with Gasteiger partial charge in [0.2, 0.25) is 0 Å². The molecule has 1 aliphatic rings. The molecule has 0 saturated heterocycles. The summed E-state index contributed by atoms with van der Waals surface area (Å²) in [5.74, 6) is -1.16. The van der Waals surface area contributed by atoms with Gasteiger partial charge in [-0.1, -0.05) is 40.2 Å². The van der Waals surface area contributed by atoms with Crippen molar-refractivity contribution in [3.8, 4) is 0 Å². The Morgan fingerprint density at radius 3 is 2.55 bits per heavy atom. The van der Waals surface area contributed by atoms with E-state index in [9.17, 15) is 9.59 Å². The minimum Gasteiger partial charge on any atom is -0.386 e. The number of benzene rings is 3. The summed E-state index contributed by atoms with van der Waals surface area (Å²) in [5, 5.41) is 3.26. The fourth-order valence-corrected chi connectivity index (χ4v) is 3.21. The van der Waals surface area contributed by atoms with Gasteiger partial charge in [-0.15, -0.1) is 0 Å². The monoisotopic (exact) mass is 326 g/mol. The maximum absolute atomic E-state index is 12.1. The van der Waals surface area contributed by atoms with Gasteiger partial charge in [0.25, 0.3) is 0 Å². The van der Waals surface area contributed by atoms with Crippen molar-refractivity contribution in [3.05, 3.63) is 58.1 Å². The second-order valence-electron chi connectivity index (χ2n) is 4.67. The maximum atomic E-state index is 12.1. The Balaban J connectivity index is 2.35. The third-order valence-corrected chi connectivity index (χ3v) is 4.27. The second kappa shape index (κ2) is 3.90. The van der Waals surface area contributed by atoms with Crippen LogP contribution in [0.2, 0.25) is 0 Å². The number of fused-ring (bicyclic) bond motifs is 2. The highest BCUT2D eigenvalue weighted by Gasteiger charge is 2.29. The van der Waals surface area contributed by atoms with Crippen LogP contribution in [0.25, 0.3) is 21.5 Å². The molecule has 0 spiro atoms. The smallest absolute Gasteiger partial charge is 0.347 e. The molecule has 3 aromatic rings.